The third-order valence-corrected chi connectivity index (χ3v) is 1.83. The van der Waals surface area contributed by atoms with Crippen LogP contribution in [0.1, 0.15) is 29.1 Å². The van der Waals surface area contributed by atoms with Gasteiger partial charge in [-0.05, 0) is 42.6 Å². The average Bonchev–Trinajstić information content (AvgIpc) is 2.33. The number of allylic oxidation sites excluding steroid dienone is 1. The van der Waals surface area contributed by atoms with Crippen LogP contribution in [0.3, 0.4) is 0 Å². The highest BCUT2D eigenvalue weighted by Gasteiger charge is 2.04. The van der Waals surface area contributed by atoms with E-state index >= 15 is 0 Å². The molecule has 0 atom stereocenters. The van der Waals surface area contributed by atoms with E-state index in [0.717, 1.165) is 0 Å². The third kappa shape index (κ3) is 2.15. The highest BCUT2D eigenvalue weighted by atomic mass is 16.5. The van der Waals surface area contributed by atoms with Gasteiger partial charge in [0.1, 0.15) is 5.75 Å². The first-order chi connectivity index (χ1) is 8.36. The summed E-state index contributed by atoms with van der Waals surface area (Å²) in [6, 6.07) is -0.211. The monoisotopic (exact) mass is 196 g/mol. The number of methoxy groups -OCH3 is 1. The van der Waals surface area contributed by atoms with Gasteiger partial charge in [-0.3, -0.25) is 0 Å². The molecule has 0 amide bonds. The molecule has 0 bridgehead atoms. The minimum Gasteiger partial charge on any atom is -0.496 e. The molecular weight excluding hydrogens is 176 g/mol. The number of benzene rings is 1. The summed E-state index contributed by atoms with van der Waals surface area (Å²) in [4.78, 5) is 0. The first-order valence-electron chi connectivity index (χ1n) is 6.28. The van der Waals surface area contributed by atoms with Crippen molar-refractivity contribution in [2.24, 2.45) is 0 Å². The number of hydrogen-bond donors (Lipinski definition) is 1. The minimum absolute atomic E-state index is 0.0245. The van der Waals surface area contributed by atoms with Gasteiger partial charge in [-0.2, -0.15) is 0 Å². The normalized spacial score (nSPS) is 16.3. The SMILES string of the molecule is [2H]/C(C)=C(/[2H])c1c([2H])c(OC)c(C)c([2H])c1CO. The first kappa shape index (κ1) is 6.25. The molecule has 0 unspecified atom stereocenters. The zero-order valence-corrected chi connectivity index (χ0v) is 8.56. The van der Waals surface area contributed by atoms with E-state index in [1.165, 1.54) is 14.0 Å². The molecule has 0 fully saturated rings. The van der Waals surface area contributed by atoms with E-state index in [9.17, 15) is 5.11 Å². The second kappa shape index (κ2) is 4.82. The number of hydrogen-bond acceptors (Lipinski definition) is 2. The summed E-state index contributed by atoms with van der Waals surface area (Å²) in [5, 5.41) is 9.33. The summed E-state index contributed by atoms with van der Waals surface area (Å²) in [6.45, 7) is 2.61. The molecule has 76 valence electrons. The van der Waals surface area contributed by atoms with Gasteiger partial charge in [0.2, 0.25) is 0 Å². The zero-order valence-electron chi connectivity index (χ0n) is 12.6. The van der Waals surface area contributed by atoms with E-state index < -0.39 is 6.61 Å². The molecule has 0 aliphatic heterocycles. The molecule has 2 heteroatoms. The van der Waals surface area contributed by atoms with Crippen molar-refractivity contribution in [2.75, 3.05) is 7.11 Å². The molecular formula is C12H16O2. The van der Waals surface area contributed by atoms with Crippen LogP contribution >= 0.6 is 0 Å². The first-order valence-corrected chi connectivity index (χ1v) is 4.28. The van der Waals surface area contributed by atoms with Crippen LogP contribution in [0.2, 0.25) is 0 Å². The van der Waals surface area contributed by atoms with Crippen LogP contribution in [-0.4, -0.2) is 12.2 Å². The molecule has 1 aromatic carbocycles. The lowest BCUT2D eigenvalue weighted by Crippen LogP contribution is -1.94. The standard InChI is InChI=1S/C12H16O2/c1-4-5-10-7-12(14-3)9(2)6-11(10)8-13/h4-7,13H,8H2,1-3H3/b5-4+/i4D,5D,6D,7D. The second-order valence-corrected chi connectivity index (χ2v) is 2.79. The van der Waals surface area contributed by atoms with Gasteiger partial charge in [-0.1, -0.05) is 12.1 Å². The maximum atomic E-state index is 9.33. The Morgan fingerprint density at radius 3 is 2.86 bits per heavy atom. The maximum absolute atomic E-state index is 9.33. The van der Waals surface area contributed by atoms with E-state index in [1.54, 1.807) is 6.92 Å². The van der Waals surface area contributed by atoms with Gasteiger partial charge in [0.25, 0.3) is 0 Å². The van der Waals surface area contributed by atoms with Crippen LogP contribution in [0, 0.1) is 6.92 Å². The summed E-state index contributed by atoms with van der Waals surface area (Å²) in [6.07, 6.45) is 0. The molecule has 2 nitrogen and oxygen atoms in total. The van der Waals surface area contributed by atoms with Crippen molar-refractivity contribution in [3.05, 3.63) is 34.8 Å². The Hall–Kier alpha value is -1.28. The lowest BCUT2D eigenvalue weighted by Gasteiger charge is -2.09. The topological polar surface area (TPSA) is 29.5 Å². The number of aliphatic hydroxyl groups excluding tert-OH is 1. The van der Waals surface area contributed by atoms with Crippen LogP contribution in [0.15, 0.2) is 18.1 Å². The van der Waals surface area contributed by atoms with Gasteiger partial charge < -0.3 is 9.84 Å². The van der Waals surface area contributed by atoms with Crippen LogP contribution in [0.5, 0.6) is 5.75 Å². The van der Waals surface area contributed by atoms with Gasteiger partial charge in [0.05, 0.1) is 19.2 Å². The summed E-state index contributed by atoms with van der Waals surface area (Å²) in [5.74, 6) is 0.207. The van der Waals surface area contributed by atoms with Crippen molar-refractivity contribution in [1.82, 2.24) is 0 Å². The largest absolute Gasteiger partial charge is 0.496 e. The van der Waals surface area contributed by atoms with Crippen molar-refractivity contribution in [2.45, 2.75) is 20.5 Å². The molecule has 0 aliphatic rings. The predicted octanol–water partition coefficient (Wildman–Crippen LogP) is 2.53. The maximum Gasteiger partial charge on any atom is 0.122 e. The Morgan fingerprint density at radius 1 is 1.64 bits per heavy atom. The van der Waals surface area contributed by atoms with Gasteiger partial charge in [0, 0.05) is 0 Å². The van der Waals surface area contributed by atoms with Crippen LogP contribution in [0.25, 0.3) is 6.05 Å². The fraction of sp³-hybridized carbons (Fsp3) is 0.333. The van der Waals surface area contributed by atoms with E-state index in [1.807, 2.05) is 0 Å². The summed E-state index contributed by atoms with van der Waals surface area (Å²) < 4.78 is 36.3. The molecule has 0 aromatic heterocycles. The molecule has 0 radical (unpaired) electrons. The highest BCUT2D eigenvalue weighted by Crippen LogP contribution is 2.23. The van der Waals surface area contributed by atoms with Crippen molar-refractivity contribution in [3.8, 4) is 5.75 Å². The minimum atomic E-state index is -0.444. The fourth-order valence-electron chi connectivity index (χ4n) is 1.18. The summed E-state index contributed by atoms with van der Waals surface area (Å²) in [7, 11) is 1.39. The molecule has 0 saturated heterocycles. The second-order valence-electron chi connectivity index (χ2n) is 2.79. The Kier molecular flexibility index (Phi) is 2.15. The van der Waals surface area contributed by atoms with Crippen molar-refractivity contribution in [1.29, 1.82) is 0 Å². The molecule has 0 aliphatic carbocycles. The molecule has 0 spiro atoms. The Labute approximate surface area is 90.5 Å². The van der Waals surface area contributed by atoms with Crippen molar-refractivity contribution >= 4 is 6.05 Å². The number of ether oxygens (including phenoxy) is 1. The van der Waals surface area contributed by atoms with E-state index in [4.69, 9.17) is 10.2 Å². The predicted molar refractivity (Wildman–Crippen MR) is 58.4 cm³/mol. The quantitative estimate of drug-likeness (QED) is 0.805. The van der Waals surface area contributed by atoms with Crippen molar-refractivity contribution in [3.63, 3.8) is 0 Å². The van der Waals surface area contributed by atoms with Gasteiger partial charge in [0.15, 0.2) is 0 Å². The Balaban J connectivity index is 3.79. The summed E-state index contributed by atoms with van der Waals surface area (Å²) in [5.41, 5.74) is 0.734. The Morgan fingerprint density at radius 2 is 2.36 bits per heavy atom. The summed E-state index contributed by atoms with van der Waals surface area (Å²) >= 11 is 0. The van der Waals surface area contributed by atoms with Crippen LogP contribution < -0.4 is 4.74 Å². The van der Waals surface area contributed by atoms with Crippen LogP contribution in [0.4, 0.5) is 0 Å². The molecule has 1 rings (SSSR count). The average molecular weight is 196 g/mol. The van der Waals surface area contributed by atoms with Gasteiger partial charge >= 0.3 is 0 Å². The Bertz CT molecular complexity index is 506. The lowest BCUT2D eigenvalue weighted by atomic mass is 10.0. The lowest BCUT2D eigenvalue weighted by molar-refractivity contribution is 0.281. The molecule has 1 N–H and O–H groups in total. The molecule has 1 aromatic rings. The fourth-order valence-corrected chi connectivity index (χ4v) is 1.18. The van der Waals surface area contributed by atoms with Crippen LogP contribution in [-0.2, 0) is 6.61 Å². The van der Waals surface area contributed by atoms with Gasteiger partial charge in [-0.15, -0.1) is 0 Å². The van der Waals surface area contributed by atoms with E-state index in [2.05, 4.69) is 0 Å². The molecule has 14 heavy (non-hydrogen) atoms. The van der Waals surface area contributed by atoms with E-state index in [-0.39, 0.29) is 41.1 Å². The molecule has 0 heterocycles. The smallest absolute Gasteiger partial charge is 0.122 e. The third-order valence-electron chi connectivity index (χ3n) is 1.83. The van der Waals surface area contributed by atoms with Crippen molar-refractivity contribution < 1.29 is 15.3 Å². The molecule has 0 saturated carbocycles. The van der Waals surface area contributed by atoms with E-state index in [0.29, 0.717) is 5.56 Å². The number of rotatable bonds is 3. The zero-order chi connectivity index (χ0) is 14.0. The number of aliphatic hydroxyl groups is 1. The van der Waals surface area contributed by atoms with Gasteiger partial charge in [-0.25, -0.2) is 0 Å². The highest BCUT2D eigenvalue weighted by molar-refractivity contribution is 5.57.